The van der Waals surface area contributed by atoms with Crippen molar-refractivity contribution in [3.05, 3.63) is 54.1 Å². The molecule has 20 nitrogen and oxygen atoms in total. The molecule has 2 aromatic carbocycles. The molecule has 0 fully saturated rings. The second kappa shape index (κ2) is 25.7. The first kappa shape index (κ1) is 49.5. The Morgan fingerprint density at radius 3 is 1.92 bits per heavy atom. The Hall–Kier alpha value is -5.61. The SMILES string of the molecule is CCCCc1ccc(-c2ccc(NC(=O)NCCC(=O)N[C@@H](CCCCN)C(=O)N[C@H](C(=O)N[C@@H](N)C(=O)N[C@@H](CC(N)=O)C(=O)N[C@@H](C)B(O)O)C(C)O)cc2)cc1. The fraction of sp³-hybridized carbons (Fsp3) is 0.500. The molecule has 0 spiro atoms. The Morgan fingerprint density at radius 1 is 0.746 bits per heavy atom. The van der Waals surface area contributed by atoms with Gasteiger partial charge in [-0.3, -0.25) is 28.8 Å². The van der Waals surface area contributed by atoms with Crippen LogP contribution in [0.4, 0.5) is 10.5 Å². The molecule has 0 bridgehead atoms. The van der Waals surface area contributed by atoms with Crippen LogP contribution in [0.2, 0.25) is 0 Å². The number of anilines is 1. The van der Waals surface area contributed by atoms with Gasteiger partial charge in [0.15, 0.2) is 6.17 Å². The Balaban J connectivity index is 1.96. The summed E-state index contributed by atoms with van der Waals surface area (Å²) in [6.07, 6.45) is -0.000399. The average Bonchev–Trinajstić information content (AvgIpc) is 3.18. The highest BCUT2D eigenvalue weighted by Crippen LogP contribution is 2.22. The predicted octanol–water partition coefficient (Wildman–Crippen LogP) is -2.03. The van der Waals surface area contributed by atoms with Crippen molar-refractivity contribution in [2.75, 3.05) is 18.4 Å². The first-order chi connectivity index (χ1) is 27.9. The van der Waals surface area contributed by atoms with Crippen molar-refractivity contribution < 1.29 is 48.7 Å². The summed E-state index contributed by atoms with van der Waals surface area (Å²) in [5.74, 6) is -6.93. The van der Waals surface area contributed by atoms with Crippen LogP contribution in [-0.2, 0) is 35.2 Å². The molecule has 0 saturated carbocycles. The minimum atomic E-state index is -1.96. The van der Waals surface area contributed by atoms with E-state index in [1.807, 2.05) is 12.1 Å². The molecule has 0 radical (unpaired) electrons. The zero-order valence-electron chi connectivity index (χ0n) is 33.7. The Kier molecular flexibility index (Phi) is 21.6. The van der Waals surface area contributed by atoms with E-state index < -0.39 is 91.3 Å². The first-order valence-corrected chi connectivity index (χ1v) is 19.5. The molecule has 2 aromatic rings. The number of amides is 8. The van der Waals surface area contributed by atoms with Gasteiger partial charge in [0, 0.05) is 18.7 Å². The first-order valence-electron chi connectivity index (χ1n) is 19.5. The molecule has 2 rings (SSSR count). The number of aryl methyl sites for hydroxylation is 1. The van der Waals surface area contributed by atoms with E-state index in [-0.39, 0.29) is 19.4 Å². The molecule has 0 aliphatic heterocycles. The third-order valence-electron chi connectivity index (χ3n) is 8.98. The van der Waals surface area contributed by atoms with Crippen LogP contribution < -0.4 is 54.4 Å². The summed E-state index contributed by atoms with van der Waals surface area (Å²) in [5.41, 5.74) is 20.4. The largest absolute Gasteiger partial charge is 0.475 e. The zero-order chi connectivity index (χ0) is 44.1. The van der Waals surface area contributed by atoms with Gasteiger partial charge in [0.2, 0.25) is 29.5 Å². The summed E-state index contributed by atoms with van der Waals surface area (Å²) < 4.78 is 0. The van der Waals surface area contributed by atoms with Crippen molar-refractivity contribution in [2.45, 2.75) is 108 Å². The molecule has 0 aliphatic rings. The van der Waals surface area contributed by atoms with Crippen LogP contribution in [0.1, 0.15) is 71.3 Å². The molecule has 1 unspecified atom stereocenters. The van der Waals surface area contributed by atoms with Crippen molar-refractivity contribution >= 4 is 54.3 Å². The lowest BCUT2D eigenvalue weighted by Gasteiger charge is -2.26. The van der Waals surface area contributed by atoms with Gasteiger partial charge < -0.3 is 69.6 Å². The number of hydrogen-bond donors (Lipinski definition) is 13. The lowest BCUT2D eigenvalue weighted by atomic mass is 9.81. The molecular formula is C38H59BN10O10. The summed E-state index contributed by atoms with van der Waals surface area (Å²) in [4.78, 5) is 88.7. The van der Waals surface area contributed by atoms with Gasteiger partial charge in [-0.05, 0) is 81.3 Å². The van der Waals surface area contributed by atoms with Gasteiger partial charge in [0.05, 0.1) is 18.5 Å². The number of carbonyl (C=O) groups is 7. The molecule has 0 aliphatic carbocycles. The van der Waals surface area contributed by atoms with Gasteiger partial charge >= 0.3 is 13.1 Å². The Labute approximate surface area is 343 Å². The molecule has 0 heterocycles. The number of hydrogen-bond acceptors (Lipinski definition) is 12. The van der Waals surface area contributed by atoms with Gasteiger partial charge in [-0.25, -0.2) is 4.79 Å². The zero-order valence-corrected chi connectivity index (χ0v) is 33.7. The minimum Gasteiger partial charge on any atom is -0.426 e. The maximum Gasteiger partial charge on any atom is 0.475 e. The minimum absolute atomic E-state index is 0.0830. The van der Waals surface area contributed by atoms with E-state index in [2.05, 4.69) is 68.4 Å². The maximum absolute atomic E-state index is 13.4. The number of benzene rings is 2. The van der Waals surface area contributed by atoms with E-state index in [1.165, 1.54) is 19.4 Å². The van der Waals surface area contributed by atoms with E-state index in [4.69, 9.17) is 17.2 Å². The number of primary amides is 1. The highest BCUT2D eigenvalue weighted by Gasteiger charge is 2.33. The Morgan fingerprint density at radius 2 is 1.36 bits per heavy atom. The van der Waals surface area contributed by atoms with E-state index in [1.54, 1.807) is 12.1 Å². The van der Waals surface area contributed by atoms with Gasteiger partial charge in [0.25, 0.3) is 5.91 Å². The predicted molar refractivity (Wildman–Crippen MR) is 220 cm³/mol. The van der Waals surface area contributed by atoms with Crippen LogP contribution in [0.15, 0.2) is 48.5 Å². The van der Waals surface area contributed by atoms with E-state index in [0.29, 0.717) is 25.1 Å². The number of urea groups is 1. The smallest absolute Gasteiger partial charge is 0.426 e. The number of aliphatic hydroxyl groups excluding tert-OH is 1. The summed E-state index contributed by atoms with van der Waals surface area (Å²) in [7, 11) is -1.96. The van der Waals surface area contributed by atoms with Gasteiger partial charge in [-0.15, -0.1) is 0 Å². The monoisotopic (exact) mass is 826 g/mol. The molecule has 59 heavy (non-hydrogen) atoms. The van der Waals surface area contributed by atoms with Gasteiger partial charge in [-0.2, -0.15) is 0 Å². The fourth-order valence-electron chi connectivity index (χ4n) is 5.52. The van der Waals surface area contributed by atoms with E-state index in [0.717, 1.165) is 30.4 Å². The number of carbonyl (C=O) groups excluding carboxylic acids is 7. The molecule has 8 amide bonds. The number of aliphatic hydroxyl groups is 1. The highest BCUT2D eigenvalue weighted by molar-refractivity contribution is 6.43. The second-order valence-corrected chi connectivity index (χ2v) is 14.1. The summed E-state index contributed by atoms with van der Waals surface area (Å²) >= 11 is 0. The third-order valence-corrected chi connectivity index (χ3v) is 8.98. The highest BCUT2D eigenvalue weighted by atomic mass is 16.4. The summed E-state index contributed by atoms with van der Waals surface area (Å²) in [6, 6.07) is 10.6. The molecule has 0 aromatic heterocycles. The topological polar surface area (TPSA) is 342 Å². The van der Waals surface area contributed by atoms with Crippen molar-refractivity contribution in [1.29, 1.82) is 0 Å². The van der Waals surface area contributed by atoms with E-state index in [9.17, 15) is 48.7 Å². The Bertz CT molecular complexity index is 1700. The third kappa shape index (κ3) is 18.2. The van der Waals surface area contributed by atoms with Crippen LogP contribution in [0, 0.1) is 0 Å². The second-order valence-electron chi connectivity index (χ2n) is 14.1. The quantitative estimate of drug-likeness (QED) is 0.0293. The normalized spacial score (nSPS) is 13.9. The van der Waals surface area contributed by atoms with Crippen LogP contribution in [-0.4, -0.2) is 113 Å². The lowest BCUT2D eigenvalue weighted by Crippen LogP contribution is -2.63. The average molecular weight is 827 g/mol. The van der Waals surface area contributed by atoms with Crippen LogP contribution in [0.3, 0.4) is 0 Å². The van der Waals surface area contributed by atoms with Crippen LogP contribution >= 0.6 is 0 Å². The van der Waals surface area contributed by atoms with Crippen molar-refractivity contribution in [3.63, 3.8) is 0 Å². The number of nitrogens with two attached hydrogens (primary N) is 3. The molecule has 21 heteroatoms. The number of unbranched alkanes of at least 4 members (excludes halogenated alkanes) is 2. The van der Waals surface area contributed by atoms with Crippen LogP contribution in [0.25, 0.3) is 11.1 Å². The summed E-state index contributed by atoms with van der Waals surface area (Å²) in [5, 5.41) is 45.5. The van der Waals surface area contributed by atoms with Crippen molar-refractivity contribution in [1.82, 2.24) is 31.9 Å². The lowest BCUT2D eigenvalue weighted by molar-refractivity contribution is -0.136. The molecule has 0 saturated heterocycles. The number of rotatable bonds is 25. The molecular weight excluding hydrogens is 767 g/mol. The fourth-order valence-corrected chi connectivity index (χ4v) is 5.52. The van der Waals surface area contributed by atoms with Crippen LogP contribution in [0.5, 0.6) is 0 Å². The summed E-state index contributed by atoms with van der Waals surface area (Å²) in [6.45, 7) is 4.80. The molecule has 6 atom stereocenters. The molecule has 324 valence electrons. The molecule has 16 N–H and O–H groups in total. The standard InChI is InChI=1S/C38H59BN10O10/c1-4-5-8-24-10-12-25(13-11-24)26-14-16-27(17-15-26)45-38(57)43-20-18-31(52)46-28(9-6-7-19-40)34(53)48-32(22(2)50)36(55)49-33(42)37(56)47-29(21-30(41)51)35(54)44-23(3)39(58)59/h10-17,22-23,28-29,32-33,50,58-59H,4-9,18-21,40,42H2,1-3H3,(H2,41,51)(H,44,54)(H,46,52)(H,47,56)(H,48,53)(H,49,55)(H2,43,45,57)/t22?,23-,28-,29-,32-,33+/m0/s1. The van der Waals surface area contributed by atoms with Gasteiger partial charge in [-0.1, -0.05) is 49.7 Å². The van der Waals surface area contributed by atoms with Gasteiger partial charge in [0.1, 0.15) is 18.1 Å². The van der Waals surface area contributed by atoms with Crippen molar-refractivity contribution in [2.24, 2.45) is 17.2 Å². The van der Waals surface area contributed by atoms with Crippen molar-refractivity contribution in [3.8, 4) is 11.1 Å². The number of nitrogens with one attached hydrogen (secondary N) is 7. The van der Waals surface area contributed by atoms with E-state index >= 15 is 0 Å². The maximum atomic E-state index is 13.4.